The second-order valence-electron chi connectivity index (χ2n) is 8.86. The van der Waals surface area contributed by atoms with Gasteiger partial charge in [-0.1, -0.05) is 44.6 Å². The van der Waals surface area contributed by atoms with Crippen LogP contribution in [-0.4, -0.2) is 165 Å². The molecular weight excluding hydrogens is 1110 g/mol. The molecule has 432 valence electrons. The van der Waals surface area contributed by atoms with Crippen molar-refractivity contribution in [3.8, 4) is 0 Å². The van der Waals surface area contributed by atoms with Crippen LogP contribution in [0, 0.1) is 5.92 Å². The van der Waals surface area contributed by atoms with E-state index >= 15 is 0 Å². The summed E-state index contributed by atoms with van der Waals surface area (Å²) in [5.41, 5.74) is 0. The Morgan fingerprint density at radius 1 is 0.403 bits per heavy atom. The van der Waals surface area contributed by atoms with Crippen molar-refractivity contribution in [2.45, 2.75) is 83.1 Å². The monoisotopic (exact) mass is 1180 g/mol. The maximum absolute atomic E-state index is 13.4. The van der Waals surface area contributed by atoms with Gasteiger partial charge in [-0.25, -0.2) is 17.6 Å². The van der Waals surface area contributed by atoms with Crippen molar-refractivity contribution in [1.29, 1.82) is 0 Å². The lowest BCUT2D eigenvalue weighted by molar-refractivity contribution is -0.321. The van der Waals surface area contributed by atoms with Gasteiger partial charge >= 0.3 is 67.4 Å². The lowest BCUT2D eigenvalue weighted by atomic mass is 10.2. The molecule has 0 aromatic carbocycles. The molecule has 0 aliphatic heterocycles. The average molecular weight is 1180 g/mol. The van der Waals surface area contributed by atoms with Gasteiger partial charge in [-0.2, -0.15) is 59.3 Å². The van der Waals surface area contributed by atoms with Gasteiger partial charge in [0.1, 0.15) is 23.0 Å². The smallest absolute Gasteiger partial charge is 0.312 e. The quantitative estimate of drug-likeness (QED) is 0.0921. The van der Waals surface area contributed by atoms with E-state index in [1.54, 1.807) is 0 Å². The molecule has 0 N–H and O–H groups in total. The second-order valence-corrected chi connectivity index (χ2v) is 17.1. The molecule has 0 aromatic heterocycles. The van der Waals surface area contributed by atoms with E-state index in [1.165, 1.54) is 20.8 Å². The zero-order valence-electron chi connectivity index (χ0n) is 31.9. The molecule has 0 bridgehead atoms. The Kier molecular flexibility index (Phi) is 85.4. The van der Waals surface area contributed by atoms with Gasteiger partial charge in [0, 0.05) is 5.92 Å². The van der Waals surface area contributed by atoms with Crippen LogP contribution in [-0.2, 0) is 70.8 Å². The van der Waals surface area contributed by atoms with Crippen molar-refractivity contribution in [3.63, 3.8) is 0 Å². The third-order valence-electron chi connectivity index (χ3n) is 3.44. The van der Waals surface area contributed by atoms with Gasteiger partial charge < -0.3 is 4.74 Å². The van der Waals surface area contributed by atoms with Crippen LogP contribution in [0.2, 0.25) is 0 Å². The maximum Gasteiger partial charge on any atom is 0.386 e. The van der Waals surface area contributed by atoms with Gasteiger partial charge in [0.15, 0.2) is 13.5 Å². The molecule has 0 atom stereocenters. The molecule has 0 saturated carbocycles. The van der Waals surface area contributed by atoms with E-state index in [0.717, 1.165) is 0 Å². The zero-order chi connectivity index (χ0) is 52.0. The van der Waals surface area contributed by atoms with Gasteiger partial charge in [0.25, 0.3) is 0 Å². The van der Waals surface area contributed by atoms with Crippen molar-refractivity contribution >= 4 is 61.3 Å². The Balaban J connectivity index is -0.0000000391. The summed E-state index contributed by atoms with van der Waals surface area (Å²) in [5.74, 6) is -21.9. The Morgan fingerprint density at radius 2 is 0.597 bits per heavy atom. The third-order valence-corrected chi connectivity index (χ3v) is 8.28. The number of hydrogen-bond donors (Lipinski definition) is 0. The summed E-state index contributed by atoms with van der Waals surface area (Å²) in [5, 5.41) is 0. The number of alkyl halides is 13. The van der Waals surface area contributed by atoms with Crippen molar-refractivity contribution < 1.29 is 140 Å². The molecule has 14 nitrogen and oxygen atoms in total. The van der Waals surface area contributed by atoms with Crippen LogP contribution in [0.5, 0.6) is 0 Å². The third kappa shape index (κ3) is 112. The molecule has 0 aromatic rings. The van der Waals surface area contributed by atoms with Crippen LogP contribution in [0.15, 0.2) is 0 Å². The lowest BCUT2D eigenvalue weighted by Crippen LogP contribution is -2.46. The molecule has 0 aliphatic rings. The van der Waals surface area contributed by atoms with E-state index in [0.29, 0.717) is 21.5 Å². The Hall–Kier alpha value is -1.71. The molecule has 0 rings (SSSR count). The number of rotatable bonds is 18. The van der Waals surface area contributed by atoms with Gasteiger partial charge in [-0.15, -0.1) is 23.3 Å². The summed E-state index contributed by atoms with van der Waals surface area (Å²) in [6.07, 6.45) is -4.94. The minimum absolute atomic E-state index is 0. The van der Waals surface area contributed by atoms with E-state index in [2.05, 4.69) is 9.47 Å². The highest BCUT2D eigenvalue weighted by molar-refractivity contribution is 7.88. The van der Waals surface area contributed by atoms with Crippen molar-refractivity contribution in [2.24, 2.45) is 5.92 Å². The van der Waals surface area contributed by atoms with Gasteiger partial charge in [0.05, 0.1) is 59.7 Å². The van der Waals surface area contributed by atoms with E-state index < -0.39 is 140 Å². The molecule has 0 spiro atoms. The SMILES string of the molecule is C.C.C.C.C.C.CCF.CCF.CCF.CF.CF.CF.O=S(=O)(F)CC(CF)CS(=O)(=O)F.O=S(=O)(F)CC(F)(CS(=O)(=O)F)OC(F)(F)CF.O=S(=O)(F)CC(F)(CS(=O)(=O)F)OCF. The van der Waals surface area contributed by atoms with Crippen molar-refractivity contribution in [3.05, 3.63) is 0 Å². The normalized spacial score (nSPS) is 10.8. The predicted molar refractivity (Wildman–Crippen MR) is 222 cm³/mol. The summed E-state index contributed by atoms with van der Waals surface area (Å²) >= 11 is 0. The van der Waals surface area contributed by atoms with Crippen LogP contribution in [0.25, 0.3) is 0 Å². The Bertz CT molecular complexity index is 1590. The molecule has 0 aliphatic carbocycles. The molecule has 0 heterocycles. The van der Waals surface area contributed by atoms with E-state index in [4.69, 9.17) is 0 Å². The van der Waals surface area contributed by atoms with Crippen LogP contribution in [0.4, 0.5) is 80.4 Å². The second kappa shape index (κ2) is 53.6. The molecule has 0 amide bonds. The summed E-state index contributed by atoms with van der Waals surface area (Å²) in [7, 11) is -31.0. The lowest BCUT2D eigenvalue weighted by Gasteiger charge is -2.25. The average Bonchev–Trinajstić information content (AvgIpc) is 3.00. The van der Waals surface area contributed by atoms with Crippen LogP contribution >= 0.6 is 0 Å². The highest BCUT2D eigenvalue weighted by Crippen LogP contribution is 2.29. The van der Waals surface area contributed by atoms with Gasteiger partial charge in [-0.05, 0) is 20.8 Å². The van der Waals surface area contributed by atoms with Crippen LogP contribution in [0.1, 0.15) is 65.3 Å². The van der Waals surface area contributed by atoms with Crippen LogP contribution < -0.4 is 0 Å². The summed E-state index contributed by atoms with van der Waals surface area (Å²) < 4.78 is 344. The van der Waals surface area contributed by atoms with E-state index in [1.807, 2.05) is 0 Å². The standard InChI is InChI=1S/C5H6F6O5S2.C4H6F4O5S2.C4H7F3O4S2.3C2H5F.3CH3F.6CH4/c6-1-5(8,9)16-4(7,2-17(10,12)13)3-18(11,14)15;5-3-13-4(6,1-14(7,9)10)2-15(8,11)12;5-1-4(2-12(6,8)9)3-13(7,10)11;3*1-2-3;3*1-2;;;;;;/h1-3H2;1-3H2;4H,1-3H2;3*2H2,1H3;3*1H3;6*1H4. The maximum atomic E-state index is 13.4. The number of ether oxygens (including phenoxy) is 2. The largest absolute Gasteiger partial charge is 0.386 e. The topological polar surface area (TPSA) is 223 Å². The summed E-state index contributed by atoms with van der Waals surface area (Å²) in [4.78, 5) is 0. The first-order chi connectivity index (χ1) is 27.0. The first-order valence-electron chi connectivity index (χ1n) is 14.2. The zero-order valence-corrected chi connectivity index (χ0v) is 36.8. The van der Waals surface area contributed by atoms with Crippen LogP contribution in [0.3, 0.4) is 0 Å². The molecule has 0 saturated heterocycles. The van der Waals surface area contributed by atoms with Crippen molar-refractivity contribution in [1.82, 2.24) is 0 Å². The van der Waals surface area contributed by atoms with Gasteiger partial charge in [-0.3, -0.25) is 35.5 Å². The first-order valence-corrected chi connectivity index (χ1v) is 23.5. The minimum Gasteiger partial charge on any atom is -0.312 e. The Morgan fingerprint density at radius 3 is 0.731 bits per heavy atom. The van der Waals surface area contributed by atoms with Crippen molar-refractivity contribution in [2.75, 3.05) is 96.3 Å². The Labute approximate surface area is 386 Å². The summed E-state index contributed by atoms with van der Waals surface area (Å²) in [6.45, 7) is -2.37. The predicted octanol–water partition coefficient (Wildman–Crippen LogP) is 9.70. The minimum atomic E-state index is -5.82. The number of hydrogen-bond acceptors (Lipinski definition) is 14. The molecule has 67 heavy (non-hydrogen) atoms. The highest BCUT2D eigenvalue weighted by Gasteiger charge is 2.50. The molecule has 39 heteroatoms. The van der Waals surface area contributed by atoms with Gasteiger partial charge in [0.2, 0.25) is 11.7 Å². The molecule has 0 fully saturated rings. The fraction of sp³-hybridized carbons (Fsp3) is 1.00. The fourth-order valence-electron chi connectivity index (χ4n) is 2.35. The first kappa shape index (κ1) is 107. The summed E-state index contributed by atoms with van der Waals surface area (Å²) in [6, 6.07) is 0. The number of halogens is 19. The van der Waals surface area contributed by atoms with E-state index in [-0.39, 0.29) is 64.6 Å². The molecule has 0 radical (unpaired) electrons. The molecule has 0 unspecified atom stereocenters. The van der Waals surface area contributed by atoms with E-state index in [9.17, 15) is 131 Å². The fourth-order valence-corrected chi connectivity index (χ4v) is 7.05. The molecular formula is C28H67F19O14S6. The highest BCUT2D eigenvalue weighted by atomic mass is 32.3.